The summed E-state index contributed by atoms with van der Waals surface area (Å²) < 4.78 is 14.6. The van der Waals surface area contributed by atoms with Crippen LogP contribution in [0.4, 0.5) is 17.1 Å². The Morgan fingerprint density at radius 2 is 1.03 bits per heavy atom. The third kappa shape index (κ3) is 4.97. The predicted octanol–water partition coefficient (Wildman–Crippen LogP) is 16.1. The lowest BCUT2D eigenvalue weighted by Crippen LogP contribution is -2.30. The first-order chi connectivity index (χ1) is 30.2. The van der Waals surface area contributed by atoms with E-state index in [9.17, 15) is 0 Å². The van der Waals surface area contributed by atoms with Crippen LogP contribution in [0.2, 0.25) is 0 Å². The van der Waals surface area contributed by atoms with Crippen LogP contribution in [0.5, 0.6) is 11.5 Å². The van der Waals surface area contributed by atoms with Gasteiger partial charge in [0.05, 0.1) is 10.3 Å². The van der Waals surface area contributed by atoms with Crippen LogP contribution in [0.25, 0.3) is 65.4 Å². The summed E-state index contributed by atoms with van der Waals surface area (Å²) in [4.78, 5) is 3.60. The maximum Gasteiger partial charge on any atom is 0.150 e. The van der Waals surface area contributed by atoms with Gasteiger partial charge in [0.2, 0.25) is 0 Å². The molecular formula is C57H35NO2S. The van der Waals surface area contributed by atoms with Crippen molar-refractivity contribution in [1.29, 1.82) is 0 Å². The van der Waals surface area contributed by atoms with Crippen LogP contribution in [-0.4, -0.2) is 0 Å². The number of fused-ring (bicyclic) bond motifs is 14. The molecule has 0 amide bonds. The SMILES string of the molecule is c1ccc(-c2cccc(N(c3ccc(-c4cccc5c4oc4ccccc45)cc3)c3ccc4c5c(sc4c3)C3(c4ccccc4O5)c4ccccc4-c4ccccc43)c2)cc1. The summed E-state index contributed by atoms with van der Waals surface area (Å²) in [7, 11) is 0. The Kier molecular flexibility index (Phi) is 7.39. The van der Waals surface area contributed by atoms with E-state index in [4.69, 9.17) is 9.15 Å². The van der Waals surface area contributed by atoms with E-state index in [0.29, 0.717) is 0 Å². The van der Waals surface area contributed by atoms with Crippen molar-refractivity contribution >= 4 is 60.4 Å². The lowest BCUT2D eigenvalue weighted by atomic mass is 9.69. The van der Waals surface area contributed by atoms with E-state index in [1.54, 1.807) is 0 Å². The molecule has 0 unspecified atom stereocenters. The van der Waals surface area contributed by atoms with Crippen LogP contribution in [0.1, 0.15) is 21.6 Å². The molecule has 286 valence electrons. The van der Waals surface area contributed by atoms with Crippen LogP contribution in [0, 0.1) is 0 Å². The van der Waals surface area contributed by atoms with Crippen molar-refractivity contribution in [3.8, 4) is 44.9 Å². The molecule has 4 heteroatoms. The van der Waals surface area contributed by atoms with E-state index in [1.165, 1.54) is 43.0 Å². The van der Waals surface area contributed by atoms with E-state index < -0.39 is 5.41 Å². The molecule has 1 spiro atoms. The van der Waals surface area contributed by atoms with Crippen LogP contribution < -0.4 is 9.64 Å². The molecule has 9 aromatic carbocycles. The number of para-hydroxylation sites is 3. The quantitative estimate of drug-likeness (QED) is 0.173. The van der Waals surface area contributed by atoms with Gasteiger partial charge in [-0.05, 0) is 93.5 Å². The van der Waals surface area contributed by atoms with Crippen LogP contribution in [0.15, 0.2) is 217 Å². The molecule has 2 aromatic heterocycles. The number of nitrogens with zero attached hydrogens (tertiary/aromatic N) is 1. The zero-order valence-electron chi connectivity index (χ0n) is 32.9. The fraction of sp³-hybridized carbons (Fsp3) is 0.0175. The highest BCUT2D eigenvalue weighted by molar-refractivity contribution is 7.19. The summed E-state index contributed by atoms with van der Waals surface area (Å²) in [6.45, 7) is 0. The fourth-order valence-electron chi connectivity index (χ4n) is 10.1. The summed E-state index contributed by atoms with van der Waals surface area (Å²) in [6, 6.07) is 76.4. The Morgan fingerprint density at radius 3 is 1.85 bits per heavy atom. The molecule has 3 heterocycles. The van der Waals surface area contributed by atoms with Crippen LogP contribution in [0.3, 0.4) is 0 Å². The van der Waals surface area contributed by atoms with Gasteiger partial charge in [-0.1, -0.05) is 158 Å². The minimum Gasteiger partial charge on any atom is -0.455 e. The molecule has 1 aliphatic carbocycles. The molecule has 0 atom stereocenters. The molecular weight excluding hydrogens is 763 g/mol. The standard InChI is InChI=1S/C57H35NO2S/c1-2-14-36(15-3-1)38-16-12-17-40(34-38)58(39-30-28-37(29-31-39)42-21-13-22-46-45-20-6-10-26-51(45)59-54(42)46)41-32-33-47-53(35-41)61-56-55(47)60-52-27-11-9-25-50(52)57(56)48-23-7-4-18-43(48)44-19-5-8-24-49(44)57/h1-35H. The highest BCUT2D eigenvalue weighted by Crippen LogP contribution is 2.65. The number of furan rings is 1. The minimum atomic E-state index is -0.497. The van der Waals surface area contributed by atoms with Crippen molar-refractivity contribution in [3.63, 3.8) is 0 Å². The first-order valence-corrected chi connectivity index (χ1v) is 21.6. The van der Waals surface area contributed by atoms with Crippen LogP contribution >= 0.6 is 11.3 Å². The zero-order valence-corrected chi connectivity index (χ0v) is 33.7. The number of hydrogen-bond acceptors (Lipinski definition) is 4. The van der Waals surface area contributed by atoms with Gasteiger partial charge in [-0.15, -0.1) is 11.3 Å². The molecule has 1 aliphatic heterocycles. The molecule has 0 bridgehead atoms. The molecule has 3 nitrogen and oxygen atoms in total. The molecule has 0 saturated heterocycles. The molecule has 0 radical (unpaired) electrons. The van der Waals surface area contributed by atoms with E-state index in [0.717, 1.165) is 72.6 Å². The molecule has 11 aromatic rings. The first-order valence-electron chi connectivity index (χ1n) is 20.7. The van der Waals surface area contributed by atoms with Crippen LogP contribution in [-0.2, 0) is 5.41 Å². The number of thiophene rings is 1. The van der Waals surface area contributed by atoms with E-state index >= 15 is 0 Å². The van der Waals surface area contributed by atoms with Crippen molar-refractivity contribution in [2.45, 2.75) is 5.41 Å². The zero-order chi connectivity index (χ0) is 40.1. The van der Waals surface area contributed by atoms with Gasteiger partial charge in [0.15, 0.2) is 5.75 Å². The second-order valence-corrected chi connectivity index (χ2v) is 17.0. The third-order valence-corrected chi connectivity index (χ3v) is 14.0. The highest BCUT2D eigenvalue weighted by atomic mass is 32.1. The number of anilines is 3. The summed E-state index contributed by atoms with van der Waals surface area (Å²) in [5.41, 5.74) is 15.4. The van der Waals surface area contributed by atoms with Crippen molar-refractivity contribution in [2.24, 2.45) is 0 Å². The third-order valence-electron chi connectivity index (χ3n) is 12.7. The Bertz CT molecular complexity index is 3480. The number of benzene rings is 9. The van der Waals surface area contributed by atoms with E-state index in [2.05, 4.69) is 205 Å². The fourth-order valence-corrected chi connectivity index (χ4v) is 11.5. The largest absolute Gasteiger partial charge is 0.455 e. The van der Waals surface area contributed by atoms with Crippen molar-refractivity contribution in [3.05, 3.63) is 234 Å². The van der Waals surface area contributed by atoms with Gasteiger partial charge in [-0.25, -0.2) is 0 Å². The van der Waals surface area contributed by atoms with Crippen molar-refractivity contribution < 1.29 is 9.15 Å². The Labute approximate surface area is 357 Å². The molecule has 61 heavy (non-hydrogen) atoms. The molecule has 2 aliphatic rings. The summed E-state index contributed by atoms with van der Waals surface area (Å²) in [5, 5.41) is 3.38. The molecule has 13 rings (SSSR count). The van der Waals surface area contributed by atoms with E-state index in [1.807, 2.05) is 23.5 Å². The predicted molar refractivity (Wildman–Crippen MR) is 252 cm³/mol. The van der Waals surface area contributed by atoms with Gasteiger partial charge in [0, 0.05) is 49.0 Å². The summed E-state index contributed by atoms with van der Waals surface area (Å²) in [6.07, 6.45) is 0. The van der Waals surface area contributed by atoms with Gasteiger partial charge in [0.1, 0.15) is 16.9 Å². The average molecular weight is 798 g/mol. The lowest BCUT2D eigenvalue weighted by molar-refractivity contribution is 0.447. The molecule has 0 N–H and O–H groups in total. The number of rotatable bonds is 5. The number of ether oxygens (including phenoxy) is 1. The molecule has 0 fully saturated rings. The van der Waals surface area contributed by atoms with E-state index in [-0.39, 0.29) is 0 Å². The maximum absolute atomic E-state index is 6.98. The maximum atomic E-state index is 6.98. The van der Waals surface area contributed by atoms with Gasteiger partial charge in [-0.2, -0.15) is 0 Å². The van der Waals surface area contributed by atoms with Gasteiger partial charge in [0.25, 0.3) is 0 Å². The lowest BCUT2D eigenvalue weighted by Gasteiger charge is -2.37. The highest BCUT2D eigenvalue weighted by Gasteiger charge is 2.52. The normalized spacial score (nSPS) is 13.2. The Hall–Kier alpha value is -7.66. The second kappa shape index (κ2) is 13.2. The first kappa shape index (κ1) is 34.2. The van der Waals surface area contributed by atoms with Crippen molar-refractivity contribution in [1.82, 2.24) is 0 Å². The van der Waals surface area contributed by atoms with Gasteiger partial charge < -0.3 is 14.1 Å². The smallest absolute Gasteiger partial charge is 0.150 e. The monoisotopic (exact) mass is 797 g/mol. The second-order valence-electron chi connectivity index (χ2n) is 16.0. The summed E-state index contributed by atoms with van der Waals surface area (Å²) >= 11 is 1.85. The minimum absolute atomic E-state index is 0.497. The Balaban J connectivity index is 0.994. The molecule has 0 saturated carbocycles. The van der Waals surface area contributed by atoms with Crippen molar-refractivity contribution in [2.75, 3.05) is 4.90 Å². The topological polar surface area (TPSA) is 25.6 Å². The van der Waals surface area contributed by atoms with Gasteiger partial charge >= 0.3 is 0 Å². The average Bonchev–Trinajstić information content (AvgIpc) is 3.99. The summed E-state index contributed by atoms with van der Waals surface area (Å²) in [5.74, 6) is 1.85. The number of hydrogen-bond donors (Lipinski definition) is 0. The Morgan fingerprint density at radius 1 is 0.410 bits per heavy atom. The van der Waals surface area contributed by atoms with Gasteiger partial charge in [-0.3, -0.25) is 0 Å².